The number of aromatic nitrogens is 2. The van der Waals surface area contributed by atoms with E-state index in [9.17, 15) is 4.79 Å². The maximum atomic E-state index is 12.4. The van der Waals surface area contributed by atoms with Gasteiger partial charge in [-0.05, 0) is 36.2 Å². The van der Waals surface area contributed by atoms with Gasteiger partial charge in [0.15, 0.2) is 11.0 Å². The number of amides is 1. The van der Waals surface area contributed by atoms with Crippen LogP contribution in [0.5, 0.6) is 0 Å². The minimum Gasteiger partial charge on any atom is -0.483 e. The van der Waals surface area contributed by atoms with Crippen LogP contribution in [0.25, 0.3) is 0 Å². The lowest BCUT2D eigenvalue weighted by atomic mass is 10.3. The van der Waals surface area contributed by atoms with Crippen LogP contribution >= 0.6 is 11.6 Å². The van der Waals surface area contributed by atoms with Crippen LogP contribution in [0.4, 0.5) is 11.8 Å². The third-order valence-electron chi connectivity index (χ3n) is 3.75. The van der Waals surface area contributed by atoms with Gasteiger partial charge in [-0.15, -0.1) is 0 Å². The fourth-order valence-corrected chi connectivity index (χ4v) is 2.69. The van der Waals surface area contributed by atoms with Crippen LogP contribution in [-0.4, -0.2) is 65.6 Å². The predicted molar refractivity (Wildman–Crippen MR) is 96.7 cm³/mol. The van der Waals surface area contributed by atoms with Crippen molar-refractivity contribution >= 4 is 35.7 Å². The molecule has 3 rings (SSSR count). The van der Waals surface area contributed by atoms with Crippen molar-refractivity contribution in [2.45, 2.75) is 6.42 Å². The van der Waals surface area contributed by atoms with E-state index >= 15 is 0 Å². The number of hydrogen-bond acceptors (Lipinski definition) is 7. The monoisotopic (exact) mass is 381 g/mol. The molecule has 0 saturated carbocycles. The standard InChI is InChI=1S/C15H18ClN5O2.CH2O2/c1-17-13-5-6-18-15(19-13)21-8-2-7-20(9-10-21)14(22)11-3-4-12(16)23-11;2-1-3/h3-6H,2,7-10H2,1H3,(H,17,18,19);1H,(H,2,3). The number of halogens is 1. The summed E-state index contributed by atoms with van der Waals surface area (Å²) in [6, 6.07) is 5.00. The van der Waals surface area contributed by atoms with Gasteiger partial charge in [-0.25, -0.2) is 4.98 Å². The molecule has 0 spiro atoms. The van der Waals surface area contributed by atoms with Crippen molar-refractivity contribution in [3.05, 3.63) is 35.4 Å². The highest BCUT2D eigenvalue weighted by atomic mass is 35.5. The highest BCUT2D eigenvalue weighted by Crippen LogP contribution is 2.18. The Morgan fingerprint density at radius 3 is 2.73 bits per heavy atom. The smallest absolute Gasteiger partial charge is 0.290 e. The summed E-state index contributed by atoms with van der Waals surface area (Å²) in [5.41, 5.74) is 0. The van der Waals surface area contributed by atoms with Gasteiger partial charge in [0.1, 0.15) is 5.82 Å². The average molecular weight is 382 g/mol. The number of furan rings is 1. The van der Waals surface area contributed by atoms with Crippen molar-refractivity contribution in [2.75, 3.05) is 43.4 Å². The lowest BCUT2D eigenvalue weighted by Crippen LogP contribution is -2.35. The molecule has 1 aliphatic rings. The lowest BCUT2D eigenvalue weighted by Gasteiger charge is -2.21. The second kappa shape index (κ2) is 9.62. The molecular formula is C16H20ClN5O4. The van der Waals surface area contributed by atoms with Crippen LogP contribution in [-0.2, 0) is 4.79 Å². The minimum atomic E-state index is -0.250. The van der Waals surface area contributed by atoms with E-state index in [1.165, 1.54) is 0 Å². The number of hydrogen-bond donors (Lipinski definition) is 2. The normalized spacial score (nSPS) is 14.1. The number of nitrogens with zero attached hydrogens (tertiary/aromatic N) is 4. The highest BCUT2D eigenvalue weighted by molar-refractivity contribution is 6.29. The summed E-state index contributed by atoms with van der Waals surface area (Å²) in [5.74, 6) is 1.59. The molecule has 140 valence electrons. The Labute approximate surface area is 155 Å². The molecule has 1 fully saturated rings. The molecule has 2 N–H and O–H groups in total. The second-order valence-corrected chi connectivity index (χ2v) is 5.71. The van der Waals surface area contributed by atoms with E-state index in [-0.39, 0.29) is 23.4 Å². The first-order valence-corrected chi connectivity index (χ1v) is 8.35. The zero-order valence-corrected chi connectivity index (χ0v) is 15.0. The molecule has 9 nitrogen and oxygen atoms in total. The van der Waals surface area contributed by atoms with E-state index in [4.69, 9.17) is 25.9 Å². The third kappa shape index (κ3) is 5.09. The van der Waals surface area contributed by atoms with Crippen LogP contribution in [0.3, 0.4) is 0 Å². The van der Waals surface area contributed by atoms with E-state index in [0.29, 0.717) is 25.6 Å². The minimum absolute atomic E-state index is 0.136. The SMILES string of the molecule is CNc1ccnc(N2CCCN(C(=O)c3ccc(Cl)o3)CC2)n1.O=CO. The fraction of sp³-hybridized carbons (Fsp3) is 0.375. The molecule has 1 saturated heterocycles. The van der Waals surface area contributed by atoms with Gasteiger partial charge < -0.3 is 24.6 Å². The van der Waals surface area contributed by atoms with Crippen molar-refractivity contribution in [1.29, 1.82) is 0 Å². The Bertz CT molecular complexity index is 739. The zero-order valence-electron chi connectivity index (χ0n) is 14.3. The maximum Gasteiger partial charge on any atom is 0.290 e. The topological polar surface area (TPSA) is 112 Å². The van der Waals surface area contributed by atoms with Crippen molar-refractivity contribution in [3.8, 4) is 0 Å². The highest BCUT2D eigenvalue weighted by Gasteiger charge is 2.23. The number of carboxylic acid groups (broad SMARTS) is 1. The first-order valence-electron chi connectivity index (χ1n) is 7.97. The molecular weight excluding hydrogens is 362 g/mol. The molecule has 0 unspecified atom stereocenters. The summed E-state index contributed by atoms with van der Waals surface area (Å²) < 4.78 is 5.21. The quantitative estimate of drug-likeness (QED) is 0.774. The van der Waals surface area contributed by atoms with Gasteiger partial charge in [-0.3, -0.25) is 9.59 Å². The molecule has 0 bridgehead atoms. The molecule has 0 aromatic carbocycles. The van der Waals surface area contributed by atoms with Crippen LogP contribution in [0, 0.1) is 0 Å². The molecule has 26 heavy (non-hydrogen) atoms. The predicted octanol–water partition coefficient (Wildman–Crippen LogP) is 1.82. The molecule has 10 heteroatoms. The molecule has 2 aromatic rings. The van der Waals surface area contributed by atoms with Gasteiger partial charge in [0.05, 0.1) is 0 Å². The number of nitrogens with one attached hydrogen (secondary N) is 1. The van der Waals surface area contributed by atoms with Gasteiger partial charge in [0, 0.05) is 39.4 Å². The van der Waals surface area contributed by atoms with Crippen molar-refractivity contribution in [1.82, 2.24) is 14.9 Å². The zero-order chi connectivity index (χ0) is 18.9. The van der Waals surface area contributed by atoms with Gasteiger partial charge in [-0.2, -0.15) is 4.98 Å². The van der Waals surface area contributed by atoms with E-state index in [1.807, 2.05) is 13.1 Å². The Balaban J connectivity index is 0.000000758. The van der Waals surface area contributed by atoms with Gasteiger partial charge >= 0.3 is 0 Å². The van der Waals surface area contributed by atoms with Gasteiger partial charge in [-0.1, -0.05) is 0 Å². The van der Waals surface area contributed by atoms with Gasteiger partial charge in [0.25, 0.3) is 12.4 Å². The van der Waals surface area contributed by atoms with Crippen LogP contribution in [0.15, 0.2) is 28.8 Å². The number of carbonyl (C=O) groups excluding carboxylic acids is 1. The van der Waals surface area contributed by atoms with E-state index < -0.39 is 0 Å². The first kappa shape index (κ1) is 19.5. The molecule has 2 aromatic heterocycles. The maximum absolute atomic E-state index is 12.4. The summed E-state index contributed by atoms with van der Waals surface area (Å²) in [6.45, 7) is 2.48. The molecule has 1 amide bonds. The molecule has 0 atom stereocenters. The largest absolute Gasteiger partial charge is 0.483 e. The van der Waals surface area contributed by atoms with Crippen molar-refractivity contribution in [3.63, 3.8) is 0 Å². The summed E-state index contributed by atoms with van der Waals surface area (Å²) in [7, 11) is 1.82. The molecule has 0 radical (unpaired) electrons. The van der Waals surface area contributed by atoms with E-state index in [1.54, 1.807) is 23.2 Å². The molecule has 3 heterocycles. The lowest BCUT2D eigenvalue weighted by molar-refractivity contribution is -0.122. The summed E-state index contributed by atoms with van der Waals surface area (Å²) in [6.07, 6.45) is 2.57. The fourth-order valence-electron chi connectivity index (χ4n) is 2.55. The van der Waals surface area contributed by atoms with Gasteiger partial charge in [0.2, 0.25) is 5.95 Å². The third-order valence-corrected chi connectivity index (χ3v) is 3.95. The van der Waals surface area contributed by atoms with Crippen LogP contribution in [0.2, 0.25) is 5.22 Å². The van der Waals surface area contributed by atoms with Crippen molar-refractivity contribution < 1.29 is 19.1 Å². The second-order valence-electron chi connectivity index (χ2n) is 5.33. The number of rotatable bonds is 3. The molecule has 1 aliphatic heterocycles. The van der Waals surface area contributed by atoms with Crippen LogP contribution in [0.1, 0.15) is 17.0 Å². The Hall–Kier alpha value is -2.81. The Morgan fingerprint density at radius 1 is 1.31 bits per heavy atom. The van der Waals surface area contributed by atoms with Crippen LogP contribution < -0.4 is 10.2 Å². The first-order chi connectivity index (χ1) is 12.6. The summed E-state index contributed by atoms with van der Waals surface area (Å²) >= 11 is 5.74. The Kier molecular flexibility index (Phi) is 7.22. The van der Waals surface area contributed by atoms with Crippen molar-refractivity contribution in [2.24, 2.45) is 0 Å². The van der Waals surface area contributed by atoms with E-state index in [2.05, 4.69) is 20.2 Å². The number of carbonyl (C=O) groups is 2. The molecule has 0 aliphatic carbocycles. The average Bonchev–Trinajstić information content (AvgIpc) is 2.94. The Morgan fingerprint density at radius 2 is 2.08 bits per heavy atom. The number of anilines is 2. The van der Waals surface area contributed by atoms with E-state index in [0.717, 1.165) is 18.8 Å². The summed E-state index contributed by atoms with van der Waals surface area (Å²) in [4.78, 5) is 33.4. The summed E-state index contributed by atoms with van der Waals surface area (Å²) in [5, 5.41) is 10.1.